The van der Waals surface area contributed by atoms with Crippen LogP contribution in [0.2, 0.25) is 0 Å². The van der Waals surface area contributed by atoms with Gasteiger partial charge in [0.15, 0.2) is 0 Å². The zero-order valence-electron chi connectivity index (χ0n) is 9.41. The van der Waals surface area contributed by atoms with Gasteiger partial charge < -0.3 is 15.4 Å². The summed E-state index contributed by atoms with van der Waals surface area (Å²) in [6.45, 7) is 2.08. The van der Waals surface area contributed by atoms with E-state index >= 15 is 0 Å². The molecule has 1 saturated heterocycles. The lowest BCUT2D eigenvalue weighted by Gasteiger charge is -2.11. The number of carbonyl (C=O) groups excluding carboxylic acids is 1. The summed E-state index contributed by atoms with van der Waals surface area (Å²) in [6, 6.07) is 7.92. The van der Waals surface area contributed by atoms with Crippen LogP contribution in [-0.2, 0) is 11.3 Å². The summed E-state index contributed by atoms with van der Waals surface area (Å²) in [5.74, 6) is 0. The normalized spacial score (nSPS) is 19.0. The third kappa shape index (κ3) is 4.02. The average Bonchev–Trinajstić information content (AvgIpc) is 2.79. The van der Waals surface area contributed by atoms with E-state index in [1.165, 1.54) is 0 Å². The van der Waals surface area contributed by atoms with Crippen molar-refractivity contribution in [2.75, 3.05) is 13.1 Å². The molecule has 2 rings (SSSR count). The lowest BCUT2D eigenvalue weighted by atomic mass is 10.2. The summed E-state index contributed by atoms with van der Waals surface area (Å²) in [5.41, 5.74) is 0.971. The quantitative estimate of drug-likeness (QED) is 0.898. The molecule has 0 spiro atoms. The molecule has 4 nitrogen and oxygen atoms in total. The smallest absolute Gasteiger partial charge is 0.407 e. The van der Waals surface area contributed by atoms with E-state index in [-0.39, 0.29) is 12.1 Å². The van der Waals surface area contributed by atoms with E-state index in [0.29, 0.717) is 6.61 Å². The van der Waals surface area contributed by atoms with Crippen LogP contribution < -0.4 is 10.6 Å². The van der Waals surface area contributed by atoms with Crippen LogP contribution in [0.5, 0.6) is 0 Å². The third-order valence-electron chi connectivity index (χ3n) is 2.64. The number of rotatable bonds is 3. The predicted octanol–water partition coefficient (Wildman–Crippen LogP) is 2.04. The summed E-state index contributed by atoms with van der Waals surface area (Å²) < 4.78 is 6.13. The van der Waals surface area contributed by atoms with Crippen molar-refractivity contribution in [3.05, 3.63) is 34.3 Å². The molecule has 0 bridgehead atoms. The van der Waals surface area contributed by atoms with Crippen LogP contribution >= 0.6 is 15.9 Å². The molecule has 1 amide bonds. The van der Waals surface area contributed by atoms with Gasteiger partial charge in [-0.25, -0.2) is 4.79 Å². The van der Waals surface area contributed by atoms with E-state index in [0.717, 1.165) is 29.5 Å². The largest absolute Gasteiger partial charge is 0.445 e. The van der Waals surface area contributed by atoms with Crippen LogP contribution in [0.1, 0.15) is 12.0 Å². The number of alkyl carbamates (subject to hydrolysis) is 1. The Labute approximate surface area is 109 Å². The zero-order valence-corrected chi connectivity index (χ0v) is 11.0. The lowest BCUT2D eigenvalue weighted by Crippen LogP contribution is -2.36. The summed E-state index contributed by atoms with van der Waals surface area (Å²) in [5, 5.41) is 6.01. The Morgan fingerprint density at radius 3 is 3.18 bits per heavy atom. The summed E-state index contributed by atoms with van der Waals surface area (Å²) in [6.07, 6.45) is 0.616. The van der Waals surface area contributed by atoms with Crippen LogP contribution in [0.15, 0.2) is 28.7 Å². The molecular formula is C12H15BrN2O2. The summed E-state index contributed by atoms with van der Waals surface area (Å²) >= 11 is 3.38. The van der Waals surface area contributed by atoms with E-state index in [1.54, 1.807) is 0 Å². The van der Waals surface area contributed by atoms with E-state index in [2.05, 4.69) is 26.6 Å². The molecule has 0 aromatic heterocycles. The molecule has 17 heavy (non-hydrogen) atoms. The van der Waals surface area contributed by atoms with Crippen molar-refractivity contribution < 1.29 is 9.53 Å². The zero-order chi connectivity index (χ0) is 12.1. The molecule has 92 valence electrons. The van der Waals surface area contributed by atoms with Crippen molar-refractivity contribution in [1.29, 1.82) is 0 Å². The molecular weight excluding hydrogens is 284 g/mol. The Bertz CT molecular complexity index is 392. The molecule has 1 aromatic rings. The van der Waals surface area contributed by atoms with Crippen LogP contribution in [-0.4, -0.2) is 25.2 Å². The maximum atomic E-state index is 11.5. The Hall–Kier alpha value is -1.07. The second-order valence-electron chi connectivity index (χ2n) is 4.04. The highest BCUT2D eigenvalue weighted by Gasteiger charge is 2.17. The molecule has 0 aliphatic carbocycles. The molecule has 1 aliphatic heterocycles. The van der Waals surface area contributed by atoms with Gasteiger partial charge in [0, 0.05) is 17.1 Å². The standard InChI is InChI=1S/C12H15BrN2O2/c13-10-3-1-2-9(6-10)8-17-12(16)15-11-4-5-14-7-11/h1-3,6,11,14H,4-5,7-8H2,(H,15,16). The molecule has 1 aliphatic rings. The number of amides is 1. The van der Waals surface area contributed by atoms with Crippen molar-refractivity contribution in [3.8, 4) is 0 Å². The van der Waals surface area contributed by atoms with Crippen molar-refractivity contribution in [2.45, 2.75) is 19.1 Å². The van der Waals surface area contributed by atoms with Gasteiger partial charge in [-0.3, -0.25) is 0 Å². The van der Waals surface area contributed by atoms with Gasteiger partial charge in [0.25, 0.3) is 0 Å². The minimum Gasteiger partial charge on any atom is -0.445 e. The van der Waals surface area contributed by atoms with E-state index < -0.39 is 0 Å². The maximum Gasteiger partial charge on any atom is 0.407 e. The predicted molar refractivity (Wildman–Crippen MR) is 68.7 cm³/mol. The fraction of sp³-hybridized carbons (Fsp3) is 0.417. The first kappa shape index (κ1) is 12.4. The molecule has 5 heteroatoms. The van der Waals surface area contributed by atoms with Gasteiger partial charge in [-0.05, 0) is 30.7 Å². The van der Waals surface area contributed by atoms with Crippen molar-refractivity contribution in [1.82, 2.24) is 10.6 Å². The first-order valence-electron chi connectivity index (χ1n) is 5.62. The Morgan fingerprint density at radius 1 is 1.59 bits per heavy atom. The highest BCUT2D eigenvalue weighted by molar-refractivity contribution is 9.10. The number of benzene rings is 1. The number of ether oxygens (including phenoxy) is 1. The summed E-state index contributed by atoms with van der Waals surface area (Å²) in [7, 11) is 0. The third-order valence-corrected chi connectivity index (χ3v) is 3.13. The topological polar surface area (TPSA) is 50.4 Å². The van der Waals surface area contributed by atoms with Crippen LogP contribution in [0.3, 0.4) is 0 Å². The number of hydrogen-bond acceptors (Lipinski definition) is 3. The first-order chi connectivity index (χ1) is 8.24. The van der Waals surface area contributed by atoms with Gasteiger partial charge in [0.05, 0.1) is 0 Å². The Morgan fingerprint density at radius 2 is 2.47 bits per heavy atom. The van der Waals surface area contributed by atoms with E-state index in [4.69, 9.17) is 4.74 Å². The Balaban J connectivity index is 1.75. The van der Waals surface area contributed by atoms with E-state index in [9.17, 15) is 4.79 Å². The van der Waals surface area contributed by atoms with Gasteiger partial charge in [0.1, 0.15) is 6.61 Å². The second kappa shape index (κ2) is 6.02. The summed E-state index contributed by atoms with van der Waals surface area (Å²) in [4.78, 5) is 11.5. The minimum atomic E-state index is -0.348. The van der Waals surface area contributed by atoms with Gasteiger partial charge in [-0.1, -0.05) is 28.1 Å². The highest BCUT2D eigenvalue weighted by atomic mass is 79.9. The van der Waals surface area contributed by atoms with Gasteiger partial charge in [0.2, 0.25) is 0 Å². The molecule has 1 fully saturated rings. The molecule has 1 aromatic carbocycles. The minimum absolute atomic E-state index is 0.199. The van der Waals surface area contributed by atoms with Crippen LogP contribution in [0.25, 0.3) is 0 Å². The highest BCUT2D eigenvalue weighted by Crippen LogP contribution is 2.12. The first-order valence-corrected chi connectivity index (χ1v) is 6.42. The number of hydrogen-bond donors (Lipinski definition) is 2. The van der Waals surface area contributed by atoms with Crippen LogP contribution in [0.4, 0.5) is 4.79 Å². The SMILES string of the molecule is O=C(NC1CCNC1)OCc1cccc(Br)c1. The number of halogens is 1. The molecule has 2 N–H and O–H groups in total. The molecule has 1 atom stereocenters. The van der Waals surface area contributed by atoms with Crippen molar-refractivity contribution in [2.24, 2.45) is 0 Å². The number of nitrogens with one attached hydrogen (secondary N) is 2. The molecule has 1 unspecified atom stereocenters. The maximum absolute atomic E-state index is 11.5. The fourth-order valence-corrected chi connectivity index (χ4v) is 2.21. The number of carbonyl (C=O) groups is 1. The molecule has 0 radical (unpaired) electrons. The van der Waals surface area contributed by atoms with Crippen LogP contribution in [0, 0.1) is 0 Å². The monoisotopic (exact) mass is 298 g/mol. The van der Waals surface area contributed by atoms with Crippen molar-refractivity contribution >= 4 is 22.0 Å². The van der Waals surface area contributed by atoms with Gasteiger partial charge >= 0.3 is 6.09 Å². The molecule has 0 saturated carbocycles. The fourth-order valence-electron chi connectivity index (χ4n) is 1.76. The van der Waals surface area contributed by atoms with E-state index in [1.807, 2.05) is 24.3 Å². The lowest BCUT2D eigenvalue weighted by molar-refractivity contribution is 0.136. The Kier molecular flexibility index (Phi) is 4.39. The van der Waals surface area contributed by atoms with Crippen molar-refractivity contribution in [3.63, 3.8) is 0 Å². The van der Waals surface area contributed by atoms with Gasteiger partial charge in [-0.2, -0.15) is 0 Å². The molecule has 1 heterocycles. The second-order valence-corrected chi connectivity index (χ2v) is 4.96. The average molecular weight is 299 g/mol. The van der Waals surface area contributed by atoms with Gasteiger partial charge in [-0.15, -0.1) is 0 Å².